The molecule has 0 radical (unpaired) electrons. The Labute approximate surface area is 171 Å². The Morgan fingerprint density at radius 2 is 1.90 bits per heavy atom. The summed E-state index contributed by atoms with van der Waals surface area (Å²) in [5.41, 5.74) is 0.759. The highest BCUT2D eigenvalue weighted by molar-refractivity contribution is 7.89. The minimum absolute atomic E-state index is 0.221. The number of sulfonamides is 1. The zero-order valence-electron chi connectivity index (χ0n) is 16.8. The molecule has 3 N–H and O–H groups in total. The van der Waals surface area contributed by atoms with Gasteiger partial charge in [-0.15, -0.1) is 0 Å². The Kier molecular flexibility index (Phi) is 7.58. The van der Waals surface area contributed by atoms with Gasteiger partial charge in [-0.25, -0.2) is 13.6 Å². The lowest BCUT2D eigenvalue weighted by atomic mass is 9.95. The van der Waals surface area contributed by atoms with Crippen LogP contribution in [0.1, 0.15) is 45.2 Å². The lowest BCUT2D eigenvalue weighted by Crippen LogP contribution is -2.17. The number of hydrogen-bond acceptors (Lipinski definition) is 6. The van der Waals surface area contributed by atoms with Crippen molar-refractivity contribution in [3.05, 3.63) is 58.1 Å². The molecule has 2 aromatic rings. The van der Waals surface area contributed by atoms with Crippen molar-refractivity contribution in [1.82, 2.24) is 0 Å². The summed E-state index contributed by atoms with van der Waals surface area (Å²) in [5, 5.41) is 19.9. The molecule has 8 nitrogen and oxygen atoms in total. The standard InChI is InChI=1S/C20H27N3O5S/c1-4-11-28-20-8-6-5-7-16(20)18(12-14(2)3)22-17-10-9-15(29(21,26)27)13-19(17)23(24)25/h5-10,13-14,18,22H,4,11-12H2,1-3H3,(H2,21,26,27)/t18-/m0/s1. The topological polar surface area (TPSA) is 125 Å². The summed E-state index contributed by atoms with van der Waals surface area (Å²) >= 11 is 0. The van der Waals surface area contributed by atoms with E-state index in [0.717, 1.165) is 23.8 Å². The van der Waals surface area contributed by atoms with Crippen LogP contribution in [0.25, 0.3) is 0 Å². The molecule has 0 heterocycles. The first kappa shape index (κ1) is 22.6. The van der Waals surface area contributed by atoms with Crippen molar-refractivity contribution in [2.45, 2.75) is 44.6 Å². The maximum atomic E-state index is 11.6. The molecule has 0 saturated heterocycles. The number of nitrogens with one attached hydrogen (secondary N) is 1. The van der Waals surface area contributed by atoms with Crippen LogP contribution >= 0.6 is 0 Å². The third-order valence-corrected chi connectivity index (χ3v) is 5.20. The van der Waals surface area contributed by atoms with E-state index in [9.17, 15) is 18.5 Å². The fraction of sp³-hybridized carbons (Fsp3) is 0.400. The van der Waals surface area contributed by atoms with Gasteiger partial charge >= 0.3 is 0 Å². The van der Waals surface area contributed by atoms with Gasteiger partial charge in [0, 0.05) is 11.6 Å². The molecule has 158 valence electrons. The molecule has 0 unspecified atom stereocenters. The minimum atomic E-state index is -4.04. The number of para-hydroxylation sites is 1. The highest BCUT2D eigenvalue weighted by Gasteiger charge is 2.24. The Balaban J connectivity index is 2.48. The van der Waals surface area contributed by atoms with Crippen molar-refractivity contribution >= 4 is 21.4 Å². The first-order valence-corrected chi connectivity index (χ1v) is 11.0. The predicted molar refractivity (Wildman–Crippen MR) is 113 cm³/mol. The number of primary sulfonamides is 1. The summed E-state index contributed by atoms with van der Waals surface area (Å²) < 4.78 is 29.0. The molecule has 0 spiro atoms. The van der Waals surface area contributed by atoms with Crippen LogP contribution in [0.15, 0.2) is 47.4 Å². The number of anilines is 1. The van der Waals surface area contributed by atoms with E-state index in [1.54, 1.807) is 0 Å². The van der Waals surface area contributed by atoms with Gasteiger partial charge in [-0.05, 0) is 37.0 Å². The van der Waals surface area contributed by atoms with Gasteiger partial charge in [0.2, 0.25) is 10.0 Å². The molecule has 9 heteroatoms. The minimum Gasteiger partial charge on any atom is -0.493 e. The summed E-state index contributed by atoms with van der Waals surface area (Å²) in [6.07, 6.45) is 1.55. The zero-order chi connectivity index (χ0) is 21.6. The fourth-order valence-electron chi connectivity index (χ4n) is 3.00. The number of hydrogen-bond donors (Lipinski definition) is 2. The van der Waals surface area contributed by atoms with Gasteiger partial charge in [0.25, 0.3) is 5.69 Å². The van der Waals surface area contributed by atoms with Crippen LogP contribution in [0.4, 0.5) is 11.4 Å². The summed E-state index contributed by atoms with van der Waals surface area (Å²) in [7, 11) is -4.04. The van der Waals surface area contributed by atoms with Crippen molar-refractivity contribution in [3.63, 3.8) is 0 Å². The molecular weight excluding hydrogens is 394 g/mol. The average Bonchev–Trinajstić information content (AvgIpc) is 2.65. The Morgan fingerprint density at radius 1 is 1.21 bits per heavy atom. The Bertz CT molecular complexity index is 960. The molecule has 0 saturated carbocycles. The number of ether oxygens (including phenoxy) is 1. The Hall–Kier alpha value is -2.65. The molecule has 0 bridgehead atoms. The maximum Gasteiger partial charge on any atom is 0.293 e. The van der Waals surface area contributed by atoms with Crippen LogP contribution in [0.3, 0.4) is 0 Å². The highest BCUT2D eigenvalue weighted by Crippen LogP contribution is 2.36. The molecule has 0 aliphatic carbocycles. The summed E-state index contributed by atoms with van der Waals surface area (Å²) in [4.78, 5) is 10.6. The van der Waals surface area contributed by atoms with Crippen molar-refractivity contribution in [2.24, 2.45) is 11.1 Å². The van der Waals surface area contributed by atoms with Crippen LogP contribution in [0, 0.1) is 16.0 Å². The van der Waals surface area contributed by atoms with Gasteiger partial charge in [0.1, 0.15) is 11.4 Å². The van der Waals surface area contributed by atoms with Crippen LogP contribution in [-0.2, 0) is 10.0 Å². The molecule has 1 atom stereocenters. The predicted octanol–water partition coefficient (Wildman–Crippen LogP) is 4.23. The van der Waals surface area contributed by atoms with E-state index in [1.807, 2.05) is 31.2 Å². The molecular formula is C20H27N3O5S. The van der Waals surface area contributed by atoms with E-state index in [2.05, 4.69) is 19.2 Å². The smallest absolute Gasteiger partial charge is 0.293 e. The van der Waals surface area contributed by atoms with Gasteiger partial charge in [0.05, 0.1) is 22.5 Å². The van der Waals surface area contributed by atoms with Crippen LogP contribution in [0.5, 0.6) is 5.75 Å². The molecule has 0 amide bonds. The molecule has 2 rings (SSSR count). The largest absolute Gasteiger partial charge is 0.493 e. The number of nitro benzene ring substituents is 1. The molecule has 0 fully saturated rings. The van der Waals surface area contributed by atoms with Crippen LogP contribution in [0.2, 0.25) is 0 Å². The van der Waals surface area contributed by atoms with Crippen molar-refractivity contribution < 1.29 is 18.1 Å². The monoisotopic (exact) mass is 421 g/mol. The van der Waals surface area contributed by atoms with Crippen molar-refractivity contribution in [2.75, 3.05) is 11.9 Å². The molecule has 0 aromatic heterocycles. The SMILES string of the molecule is CCCOc1ccccc1[C@H](CC(C)C)Nc1ccc(S(N)(=O)=O)cc1[N+](=O)[O-]. The van der Waals surface area contributed by atoms with Crippen molar-refractivity contribution in [3.8, 4) is 5.75 Å². The Morgan fingerprint density at radius 3 is 2.48 bits per heavy atom. The van der Waals surface area contributed by atoms with E-state index in [1.165, 1.54) is 12.1 Å². The second-order valence-corrected chi connectivity index (χ2v) is 8.76. The van der Waals surface area contributed by atoms with Gasteiger partial charge < -0.3 is 10.1 Å². The lowest BCUT2D eigenvalue weighted by molar-refractivity contribution is -0.384. The van der Waals surface area contributed by atoms with E-state index in [4.69, 9.17) is 9.88 Å². The fourth-order valence-corrected chi connectivity index (χ4v) is 3.53. The van der Waals surface area contributed by atoms with Crippen LogP contribution in [-0.4, -0.2) is 19.9 Å². The number of rotatable bonds is 10. The van der Waals surface area contributed by atoms with Gasteiger partial charge in [-0.2, -0.15) is 0 Å². The maximum absolute atomic E-state index is 11.6. The quantitative estimate of drug-likeness (QED) is 0.437. The first-order valence-electron chi connectivity index (χ1n) is 9.43. The molecule has 29 heavy (non-hydrogen) atoms. The van der Waals surface area contributed by atoms with Gasteiger partial charge in [-0.1, -0.05) is 39.0 Å². The van der Waals surface area contributed by atoms with E-state index in [0.29, 0.717) is 18.9 Å². The number of nitrogens with zero attached hydrogens (tertiary/aromatic N) is 1. The average molecular weight is 422 g/mol. The van der Waals surface area contributed by atoms with E-state index in [-0.39, 0.29) is 22.3 Å². The molecule has 0 aliphatic rings. The third kappa shape index (κ3) is 6.16. The normalized spacial score (nSPS) is 12.6. The van der Waals surface area contributed by atoms with Crippen LogP contribution < -0.4 is 15.2 Å². The second-order valence-electron chi connectivity index (χ2n) is 7.19. The number of benzene rings is 2. The summed E-state index contributed by atoms with van der Waals surface area (Å²) in [6, 6.07) is 10.9. The molecule has 2 aromatic carbocycles. The van der Waals surface area contributed by atoms with Crippen molar-refractivity contribution in [1.29, 1.82) is 0 Å². The molecule has 0 aliphatic heterocycles. The highest BCUT2D eigenvalue weighted by atomic mass is 32.2. The zero-order valence-corrected chi connectivity index (χ0v) is 17.6. The van der Waals surface area contributed by atoms with E-state index < -0.39 is 14.9 Å². The summed E-state index contributed by atoms with van der Waals surface area (Å²) in [5.74, 6) is 1.02. The third-order valence-electron chi connectivity index (χ3n) is 4.29. The number of nitro groups is 1. The van der Waals surface area contributed by atoms with Gasteiger partial charge in [0.15, 0.2) is 0 Å². The van der Waals surface area contributed by atoms with Gasteiger partial charge in [-0.3, -0.25) is 10.1 Å². The van der Waals surface area contributed by atoms with E-state index >= 15 is 0 Å². The second kappa shape index (κ2) is 9.71. The first-order chi connectivity index (χ1) is 13.6. The lowest BCUT2D eigenvalue weighted by Gasteiger charge is -2.24. The summed E-state index contributed by atoms with van der Waals surface area (Å²) in [6.45, 7) is 6.70. The number of nitrogens with two attached hydrogens (primary N) is 1.